The predicted octanol–water partition coefficient (Wildman–Crippen LogP) is 3.83. The van der Waals surface area contributed by atoms with Gasteiger partial charge in [-0.3, -0.25) is 4.79 Å². The summed E-state index contributed by atoms with van der Waals surface area (Å²) in [5, 5.41) is 2.11. The Hall–Kier alpha value is -1.83. The van der Waals surface area contributed by atoms with Crippen LogP contribution in [0.5, 0.6) is 5.75 Å². The topological polar surface area (TPSA) is 26.3 Å². The number of hydrogen-bond donors (Lipinski definition) is 0. The van der Waals surface area contributed by atoms with Gasteiger partial charge in [0.05, 0.1) is 12.2 Å². The van der Waals surface area contributed by atoms with Crippen LogP contribution in [0.1, 0.15) is 30.6 Å². The van der Waals surface area contributed by atoms with Gasteiger partial charge in [-0.2, -0.15) is 0 Å². The fraction of sp³-hybridized carbons (Fsp3) is 0.267. The Bertz CT molecular complexity index is 544. The molecule has 2 heteroatoms. The Labute approximate surface area is 101 Å². The minimum absolute atomic E-state index is 0.0434. The first-order valence-corrected chi connectivity index (χ1v) is 5.89. The Morgan fingerprint density at radius 2 is 1.94 bits per heavy atom. The van der Waals surface area contributed by atoms with E-state index in [4.69, 9.17) is 4.74 Å². The van der Waals surface area contributed by atoms with Crippen molar-refractivity contribution in [1.82, 2.24) is 0 Å². The molecule has 0 amide bonds. The third-order valence-electron chi connectivity index (χ3n) is 2.71. The fourth-order valence-corrected chi connectivity index (χ4v) is 1.88. The van der Waals surface area contributed by atoms with Crippen LogP contribution in [0.4, 0.5) is 0 Å². The number of carbonyl (C=O) groups excluding carboxylic acids is 1. The van der Waals surface area contributed by atoms with Crippen LogP contribution >= 0.6 is 0 Å². The van der Waals surface area contributed by atoms with E-state index in [0.29, 0.717) is 12.2 Å². The van der Waals surface area contributed by atoms with E-state index in [9.17, 15) is 4.79 Å². The summed E-state index contributed by atoms with van der Waals surface area (Å²) in [6, 6.07) is 11.8. The highest BCUT2D eigenvalue weighted by atomic mass is 16.5. The number of ketones is 1. The molecule has 0 radical (unpaired) electrons. The summed E-state index contributed by atoms with van der Waals surface area (Å²) in [6.07, 6.45) is 0.931. The molecule has 0 saturated carbocycles. The summed E-state index contributed by atoms with van der Waals surface area (Å²) >= 11 is 0. The highest BCUT2D eigenvalue weighted by Crippen LogP contribution is 2.30. The molecule has 0 fully saturated rings. The lowest BCUT2D eigenvalue weighted by atomic mass is 10.0. The van der Waals surface area contributed by atoms with Crippen molar-refractivity contribution >= 4 is 16.6 Å². The second-order valence-electron chi connectivity index (χ2n) is 4.07. The molecule has 0 N–H and O–H groups in total. The van der Waals surface area contributed by atoms with Crippen LogP contribution in [0.25, 0.3) is 10.8 Å². The first kappa shape index (κ1) is 11.6. The highest BCUT2D eigenvalue weighted by molar-refractivity contribution is 6.03. The minimum Gasteiger partial charge on any atom is -0.492 e. The van der Waals surface area contributed by atoms with Gasteiger partial charge < -0.3 is 4.74 Å². The smallest absolute Gasteiger partial charge is 0.163 e. The zero-order chi connectivity index (χ0) is 12.3. The molecule has 0 atom stereocenters. The molecule has 0 aliphatic carbocycles. The van der Waals surface area contributed by atoms with E-state index >= 15 is 0 Å². The quantitative estimate of drug-likeness (QED) is 0.743. The molecule has 0 heterocycles. The Kier molecular flexibility index (Phi) is 3.43. The van der Waals surface area contributed by atoms with E-state index in [0.717, 1.165) is 22.9 Å². The predicted molar refractivity (Wildman–Crippen MR) is 69.7 cm³/mol. The Morgan fingerprint density at radius 1 is 1.18 bits per heavy atom. The summed E-state index contributed by atoms with van der Waals surface area (Å²) in [5.74, 6) is 0.763. The van der Waals surface area contributed by atoms with Gasteiger partial charge in [0.1, 0.15) is 5.75 Å². The van der Waals surface area contributed by atoms with Crippen molar-refractivity contribution < 1.29 is 9.53 Å². The normalized spacial score (nSPS) is 10.5. The van der Waals surface area contributed by atoms with Crippen LogP contribution in [0.15, 0.2) is 36.4 Å². The lowest BCUT2D eigenvalue weighted by molar-refractivity contribution is 0.101. The standard InChI is InChI=1S/C15H16O2/c1-3-10-17-15-13(11(2)16)9-8-12-6-4-5-7-14(12)15/h4-9H,3,10H2,1-2H3. The Morgan fingerprint density at radius 3 is 2.65 bits per heavy atom. The van der Waals surface area contributed by atoms with E-state index in [1.165, 1.54) is 0 Å². The summed E-state index contributed by atoms with van der Waals surface area (Å²) < 4.78 is 5.74. The first-order valence-electron chi connectivity index (χ1n) is 5.89. The van der Waals surface area contributed by atoms with Gasteiger partial charge in [0.25, 0.3) is 0 Å². The SMILES string of the molecule is CCCOc1c(C(C)=O)ccc2ccccc12. The summed E-state index contributed by atoms with van der Waals surface area (Å²) in [6.45, 7) is 4.26. The van der Waals surface area contributed by atoms with E-state index in [-0.39, 0.29) is 5.78 Å². The molecular weight excluding hydrogens is 212 g/mol. The fourth-order valence-electron chi connectivity index (χ4n) is 1.88. The number of fused-ring (bicyclic) bond motifs is 1. The number of hydrogen-bond acceptors (Lipinski definition) is 2. The molecule has 0 aliphatic rings. The summed E-state index contributed by atoms with van der Waals surface area (Å²) in [5.41, 5.74) is 0.664. The van der Waals surface area contributed by atoms with Crippen LogP contribution in [-0.2, 0) is 0 Å². The first-order chi connectivity index (χ1) is 8.24. The molecule has 0 aromatic heterocycles. The van der Waals surface area contributed by atoms with Crippen LogP contribution in [-0.4, -0.2) is 12.4 Å². The van der Waals surface area contributed by atoms with Gasteiger partial charge in [-0.05, 0) is 24.8 Å². The van der Waals surface area contributed by atoms with Crippen molar-refractivity contribution in [2.45, 2.75) is 20.3 Å². The zero-order valence-electron chi connectivity index (χ0n) is 10.2. The molecule has 0 unspecified atom stereocenters. The largest absolute Gasteiger partial charge is 0.492 e. The lowest BCUT2D eigenvalue weighted by Crippen LogP contribution is -2.02. The van der Waals surface area contributed by atoms with Crippen molar-refractivity contribution in [2.24, 2.45) is 0 Å². The lowest BCUT2D eigenvalue weighted by Gasteiger charge is -2.12. The third-order valence-corrected chi connectivity index (χ3v) is 2.71. The second kappa shape index (κ2) is 5.00. The molecule has 2 rings (SSSR count). The van der Waals surface area contributed by atoms with Crippen molar-refractivity contribution in [3.05, 3.63) is 42.0 Å². The van der Waals surface area contributed by atoms with Crippen molar-refractivity contribution in [2.75, 3.05) is 6.61 Å². The van der Waals surface area contributed by atoms with Gasteiger partial charge >= 0.3 is 0 Å². The molecule has 17 heavy (non-hydrogen) atoms. The van der Waals surface area contributed by atoms with Gasteiger partial charge in [-0.15, -0.1) is 0 Å². The van der Waals surface area contributed by atoms with Crippen molar-refractivity contribution in [3.8, 4) is 5.75 Å². The van der Waals surface area contributed by atoms with E-state index < -0.39 is 0 Å². The van der Waals surface area contributed by atoms with Gasteiger partial charge in [0.2, 0.25) is 0 Å². The van der Waals surface area contributed by atoms with Crippen LogP contribution in [0.3, 0.4) is 0 Å². The van der Waals surface area contributed by atoms with E-state index in [1.807, 2.05) is 36.4 Å². The second-order valence-corrected chi connectivity index (χ2v) is 4.07. The average molecular weight is 228 g/mol. The molecule has 88 valence electrons. The molecule has 2 aromatic rings. The number of Topliss-reactive ketones (excluding diaryl/α,β-unsaturated/α-hetero) is 1. The maximum absolute atomic E-state index is 11.6. The van der Waals surface area contributed by atoms with E-state index in [2.05, 4.69) is 6.92 Å². The van der Waals surface area contributed by atoms with Gasteiger partial charge in [0.15, 0.2) is 5.78 Å². The monoisotopic (exact) mass is 228 g/mol. The maximum atomic E-state index is 11.6. The zero-order valence-corrected chi connectivity index (χ0v) is 10.2. The van der Waals surface area contributed by atoms with Gasteiger partial charge in [0, 0.05) is 5.39 Å². The van der Waals surface area contributed by atoms with E-state index in [1.54, 1.807) is 6.92 Å². The molecule has 0 bridgehead atoms. The minimum atomic E-state index is 0.0434. The third kappa shape index (κ3) is 2.31. The Balaban J connectivity index is 2.61. The van der Waals surface area contributed by atoms with Gasteiger partial charge in [-0.25, -0.2) is 0 Å². The molecular formula is C15H16O2. The summed E-state index contributed by atoms with van der Waals surface area (Å²) in [4.78, 5) is 11.6. The maximum Gasteiger partial charge on any atom is 0.163 e. The molecule has 0 spiro atoms. The molecule has 2 aromatic carbocycles. The average Bonchev–Trinajstić information content (AvgIpc) is 2.35. The number of rotatable bonds is 4. The van der Waals surface area contributed by atoms with Crippen molar-refractivity contribution in [1.29, 1.82) is 0 Å². The number of ether oxygens (including phenoxy) is 1. The molecule has 0 aliphatic heterocycles. The highest BCUT2D eigenvalue weighted by Gasteiger charge is 2.11. The van der Waals surface area contributed by atoms with Crippen molar-refractivity contribution in [3.63, 3.8) is 0 Å². The number of benzene rings is 2. The summed E-state index contributed by atoms with van der Waals surface area (Å²) in [7, 11) is 0. The van der Waals surface area contributed by atoms with Gasteiger partial charge in [-0.1, -0.05) is 37.3 Å². The molecule has 2 nitrogen and oxygen atoms in total. The van der Waals surface area contributed by atoms with Crippen LogP contribution < -0.4 is 4.74 Å². The number of carbonyl (C=O) groups is 1. The van der Waals surface area contributed by atoms with Crippen LogP contribution in [0.2, 0.25) is 0 Å². The van der Waals surface area contributed by atoms with Crippen LogP contribution in [0, 0.1) is 0 Å². The molecule has 0 saturated heterocycles.